The minimum atomic E-state index is 0. The van der Waals surface area contributed by atoms with E-state index in [4.69, 9.17) is 0 Å². The molecule has 0 aromatic carbocycles. The molecule has 0 radical (unpaired) electrons. The van der Waals surface area contributed by atoms with Crippen LogP contribution < -0.4 is 0 Å². The average Bonchev–Trinajstić information content (AvgIpc) is 0. The van der Waals surface area contributed by atoms with Crippen LogP contribution >= 0.6 is 0 Å². The Morgan fingerprint density at radius 2 is 0.750 bits per heavy atom. The molecule has 0 fully saturated rings. The van der Waals surface area contributed by atoms with E-state index in [2.05, 4.69) is 0 Å². The molecule has 0 rings (SSSR count). The van der Waals surface area contributed by atoms with Gasteiger partial charge in [-0.05, 0) is 0 Å². The first kappa shape index (κ1) is 41.2. The summed E-state index contributed by atoms with van der Waals surface area (Å²) in [5, 5.41) is 0. The maximum atomic E-state index is 0. The minimum Gasteiger partial charge on any atom is -0.870 e. The third kappa shape index (κ3) is 9.19. The van der Waals surface area contributed by atoms with Crippen LogP contribution in [0, 0.1) is 0 Å². The Balaban J connectivity index is 0. The fraction of sp³-hybridized carbons (Fsp3) is 0. The molecule has 20 valence electrons. The van der Waals surface area contributed by atoms with Gasteiger partial charge in [-0.2, -0.15) is 0 Å². The molecule has 0 aliphatic carbocycles. The molecule has 4 heavy (non-hydrogen) atoms. The number of rotatable bonds is 0. The standard InChI is InChI=1S/Ca.2H2O.Zn.2H/h;2*1H2;;;/q;;;+2;;/p-2. The summed E-state index contributed by atoms with van der Waals surface area (Å²) in [5.74, 6) is 0. The van der Waals surface area contributed by atoms with Gasteiger partial charge < -0.3 is 11.0 Å². The summed E-state index contributed by atoms with van der Waals surface area (Å²) in [5.41, 5.74) is 0. The zero-order valence-electron chi connectivity index (χ0n) is 1.60. The van der Waals surface area contributed by atoms with Crippen molar-refractivity contribution in [3.63, 3.8) is 0 Å². The minimum absolute atomic E-state index is 0. The second kappa shape index (κ2) is 21.4. The monoisotopic (exact) mass is 140 g/mol. The molecule has 0 unspecified atom stereocenters. The van der Waals surface area contributed by atoms with Gasteiger partial charge in [0.05, 0.1) is 0 Å². The average molecular weight is 141 g/mol. The zero-order chi connectivity index (χ0) is 0. The van der Waals surface area contributed by atoms with Crippen LogP contribution in [0.4, 0.5) is 0 Å². The summed E-state index contributed by atoms with van der Waals surface area (Å²) >= 11 is 0. The fourth-order valence-electron chi connectivity index (χ4n) is 0. The van der Waals surface area contributed by atoms with E-state index < -0.39 is 0 Å². The fourth-order valence-corrected chi connectivity index (χ4v) is 0. The summed E-state index contributed by atoms with van der Waals surface area (Å²) in [6, 6.07) is 0. The van der Waals surface area contributed by atoms with E-state index in [0.29, 0.717) is 0 Å². The van der Waals surface area contributed by atoms with Gasteiger partial charge in [0.15, 0.2) is 0 Å². The summed E-state index contributed by atoms with van der Waals surface area (Å²) in [4.78, 5) is 0. The number of hydrogen-bond acceptors (Lipinski definition) is 2. The Kier molecular flexibility index (Phi) is 220. The van der Waals surface area contributed by atoms with Crippen LogP contribution in [0.25, 0.3) is 0 Å². The largest absolute Gasteiger partial charge is 2.00 e. The van der Waals surface area contributed by atoms with Gasteiger partial charge in [-0.15, -0.1) is 0 Å². The summed E-state index contributed by atoms with van der Waals surface area (Å²) in [6.07, 6.45) is 0. The Labute approximate surface area is 67.3 Å². The Bertz CT molecular complexity index is 6.00. The van der Waals surface area contributed by atoms with E-state index in [-0.39, 0.29) is 68.2 Å². The molecule has 0 saturated carbocycles. The predicted molar refractivity (Wildman–Crippen MR) is 12.4 cm³/mol. The summed E-state index contributed by atoms with van der Waals surface area (Å²) < 4.78 is 0. The first-order valence-electron chi connectivity index (χ1n) is 0. The molecular weight excluding hydrogens is 137 g/mol. The molecule has 0 spiro atoms. The zero-order valence-corrected chi connectivity index (χ0v) is 4.57. The first-order valence-corrected chi connectivity index (χ1v) is 0. The maximum Gasteiger partial charge on any atom is 2.00 e. The smallest absolute Gasteiger partial charge is 0.870 e. The van der Waals surface area contributed by atoms with Crippen LogP contribution in [-0.2, 0) is 19.5 Å². The second-order valence-electron chi connectivity index (χ2n) is 0. The van der Waals surface area contributed by atoms with E-state index in [1.165, 1.54) is 0 Å². The van der Waals surface area contributed by atoms with Crippen molar-refractivity contribution >= 4 is 37.7 Å². The second-order valence-corrected chi connectivity index (χ2v) is 0. The van der Waals surface area contributed by atoms with Gasteiger partial charge in [-0.25, -0.2) is 0 Å². The molecule has 0 aromatic rings. The molecule has 2 nitrogen and oxygen atoms in total. The third-order valence-corrected chi connectivity index (χ3v) is 0. The van der Waals surface area contributed by atoms with Crippen molar-refractivity contribution in [1.82, 2.24) is 0 Å². The molecule has 4 heteroatoms. The van der Waals surface area contributed by atoms with Crippen LogP contribution in [0.3, 0.4) is 0 Å². The molecular formula is H4CaO2Zn. The van der Waals surface area contributed by atoms with Crippen molar-refractivity contribution in [2.45, 2.75) is 0 Å². The molecule has 0 aliphatic heterocycles. The van der Waals surface area contributed by atoms with Gasteiger partial charge in [0, 0.05) is 0 Å². The molecule has 2 N–H and O–H groups in total. The molecule has 0 atom stereocenters. The van der Waals surface area contributed by atoms with Gasteiger partial charge in [-0.3, -0.25) is 0 Å². The molecule has 0 aromatic heterocycles. The van der Waals surface area contributed by atoms with Gasteiger partial charge in [0.2, 0.25) is 0 Å². The van der Waals surface area contributed by atoms with E-state index in [0.717, 1.165) is 0 Å². The first-order chi connectivity index (χ1) is 0. The summed E-state index contributed by atoms with van der Waals surface area (Å²) in [7, 11) is 0. The molecule has 0 amide bonds. The van der Waals surface area contributed by atoms with E-state index in [1.54, 1.807) is 0 Å². The van der Waals surface area contributed by atoms with E-state index in [1.807, 2.05) is 0 Å². The predicted octanol–water partition coefficient (Wildman–Crippen LogP) is -1.27. The Morgan fingerprint density at radius 1 is 0.750 bits per heavy atom. The number of hydrogen-bond donors (Lipinski definition) is 0. The van der Waals surface area contributed by atoms with Crippen molar-refractivity contribution in [3.8, 4) is 0 Å². The molecule has 0 saturated heterocycles. The van der Waals surface area contributed by atoms with Crippen molar-refractivity contribution in [2.24, 2.45) is 0 Å². The van der Waals surface area contributed by atoms with Crippen LogP contribution in [0.5, 0.6) is 0 Å². The van der Waals surface area contributed by atoms with Crippen molar-refractivity contribution < 1.29 is 30.4 Å². The SMILES string of the molecule is [CaH2].[OH-].[OH-].[Zn+2]. The van der Waals surface area contributed by atoms with E-state index in [9.17, 15) is 0 Å². The maximum absolute atomic E-state index is 0. The van der Waals surface area contributed by atoms with Crippen LogP contribution in [0.2, 0.25) is 0 Å². The molecule has 0 heterocycles. The molecule has 0 bridgehead atoms. The quantitative estimate of drug-likeness (QED) is 0.395. The van der Waals surface area contributed by atoms with Gasteiger partial charge in [0.1, 0.15) is 0 Å². The third-order valence-electron chi connectivity index (χ3n) is 0. The van der Waals surface area contributed by atoms with Crippen LogP contribution in [0.15, 0.2) is 0 Å². The van der Waals surface area contributed by atoms with Crippen LogP contribution in [-0.4, -0.2) is 48.7 Å². The normalized spacial score (nSPS) is 0. The van der Waals surface area contributed by atoms with Crippen molar-refractivity contribution in [1.29, 1.82) is 0 Å². The Morgan fingerprint density at radius 3 is 0.750 bits per heavy atom. The Hall–Kier alpha value is 1.80. The van der Waals surface area contributed by atoms with Crippen molar-refractivity contribution in [3.05, 3.63) is 0 Å². The van der Waals surface area contributed by atoms with Crippen LogP contribution in [0.1, 0.15) is 0 Å². The van der Waals surface area contributed by atoms with Gasteiger partial charge in [0.25, 0.3) is 0 Å². The van der Waals surface area contributed by atoms with Crippen molar-refractivity contribution in [2.75, 3.05) is 0 Å². The molecule has 0 aliphatic rings. The van der Waals surface area contributed by atoms with E-state index >= 15 is 0 Å². The van der Waals surface area contributed by atoms with Gasteiger partial charge >= 0.3 is 57.2 Å². The topological polar surface area (TPSA) is 60.0 Å². The summed E-state index contributed by atoms with van der Waals surface area (Å²) in [6.45, 7) is 0. The van der Waals surface area contributed by atoms with Gasteiger partial charge in [-0.1, -0.05) is 0 Å².